The van der Waals surface area contributed by atoms with E-state index in [0.717, 1.165) is 23.9 Å². The van der Waals surface area contributed by atoms with Gasteiger partial charge in [0.2, 0.25) is 5.91 Å². The van der Waals surface area contributed by atoms with E-state index in [9.17, 15) is 22.8 Å². The Labute approximate surface area is 145 Å². The van der Waals surface area contributed by atoms with E-state index < -0.39 is 17.8 Å². The van der Waals surface area contributed by atoms with Gasteiger partial charge in [-0.1, -0.05) is 12.1 Å². The maximum absolute atomic E-state index is 12.5. The molecule has 9 heteroatoms. The van der Waals surface area contributed by atoms with Crippen LogP contribution in [-0.2, 0) is 17.5 Å². The fraction of sp³-hybridized carbons (Fsp3) is 0.312. The number of aromatic nitrogens is 1. The first-order valence-corrected chi connectivity index (χ1v) is 8.42. The van der Waals surface area contributed by atoms with Gasteiger partial charge >= 0.3 is 6.18 Å². The van der Waals surface area contributed by atoms with Crippen LogP contribution in [0.15, 0.2) is 29.6 Å². The van der Waals surface area contributed by atoms with Crippen molar-refractivity contribution in [2.45, 2.75) is 25.6 Å². The normalized spacial score (nSPS) is 14.8. The van der Waals surface area contributed by atoms with E-state index >= 15 is 0 Å². The van der Waals surface area contributed by atoms with Gasteiger partial charge in [-0.25, -0.2) is 4.98 Å². The van der Waals surface area contributed by atoms with Crippen molar-refractivity contribution in [2.75, 3.05) is 11.9 Å². The number of anilines is 1. The molecule has 2 aromatic rings. The van der Waals surface area contributed by atoms with Crippen molar-refractivity contribution >= 4 is 28.3 Å². The smallest absolute Gasteiger partial charge is 0.338 e. The quantitative estimate of drug-likeness (QED) is 0.897. The van der Waals surface area contributed by atoms with E-state index in [1.807, 2.05) is 0 Å². The highest BCUT2D eigenvalue weighted by molar-refractivity contribution is 7.14. The van der Waals surface area contributed by atoms with Gasteiger partial charge < -0.3 is 4.90 Å². The first-order valence-electron chi connectivity index (χ1n) is 7.54. The Hall–Kier alpha value is -2.42. The molecule has 1 aromatic heterocycles. The number of likely N-dealkylation sites (tertiary alicyclic amines) is 1. The standard InChI is InChI=1S/C16H14F3N3O2S/c17-16(18,19)12-9-25-15(20-12)21-14(24)11-5-3-10(4-6-11)8-22-7-1-2-13(22)23/h3-6,9H,1-2,7-8H2,(H,20,21,24). The highest BCUT2D eigenvalue weighted by atomic mass is 32.1. The number of carbonyl (C=O) groups is 2. The molecular weight excluding hydrogens is 355 g/mol. The minimum absolute atomic E-state index is 0.107. The zero-order chi connectivity index (χ0) is 18.0. The number of nitrogens with zero attached hydrogens (tertiary/aromatic N) is 2. The molecule has 5 nitrogen and oxygen atoms in total. The summed E-state index contributed by atoms with van der Waals surface area (Å²) in [4.78, 5) is 28.8. The summed E-state index contributed by atoms with van der Waals surface area (Å²) in [5.41, 5.74) is 0.166. The van der Waals surface area contributed by atoms with E-state index in [1.54, 1.807) is 29.2 Å². The van der Waals surface area contributed by atoms with Crippen LogP contribution in [0.3, 0.4) is 0 Å². The molecule has 0 spiro atoms. The summed E-state index contributed by atoms with van der Waals surface area (Å²) < 4.78 is 37.5. The number of alkyl halides is 3. The second-order valence-corrected chi connectivity index (χ2v) is 6.46. The highest BCUT2D eigenvalue weighted by Crippen LogP contribution is 2.31. The molecule has 0 bridgehead atoms. The molecule has 25 heavy (non-hydrogen) atoms. The topological polar surface area (TPSA) is 62.3 Å². The largest absolute Gasteiger partial charge is 0.434 e. The summed E-state index contributed by atoms with van der Waals surface area (Å²) in [6, 6.07) is 6.60. The lowest BCUT2D eigenvalue weighted by atomic mass is 10.1. The van der Waals surface area contributed by atoms with Crippen LogP contribution in [0.25, 0.3) is 0 Å². The zero-order valence-corrected chi connectivity index (χ0v) is 13.8. The third-order valence-electron chi connectivity index (χ3n) is 3.78. The summed E-state index contributed by atoms with van der Waals surface area (Å²) in [5, 5.41) is 3.10. The Morgan fingerprint density at radius 3 is 2.56 bits per heavy atom. The van der Waals surface area contributed by atoms with E-state index in [0.29, 0.717) is 29.9 Å². The average molecular weight is 369 g/mol. The predicted octanol–water partition coefficient (Wildman–Crippen LogP) is 3.54. The van der Waals surface area contributed by atoms with Gasteiger partial charge in [-0.05, 0) is 24.1 Å². The molecular formula is C16H14F3N3O2S. The van der Waals surface area contributed by atoms with E-state index in [4.69, 9.17) is 0 Å². The van der Waals surface area contributed by atoms with Crippen molar-refractivity contribution < 1.29 is 22.8 Å². The fourth-order valence-corrected chi connectivity index (χ4v) is 3.20. The van der Waals surface area contributed by atoms with Crippen molar-refractivity contribution in [3.8, 4) is 0 Å². The van der Waals surface area contributed by atoms with Crippen molar-refractivity contribution in [1.82, 2.24) is 9.88 Å². The van der Waals surface area contributed by atoms with Crippen LogP contribution >= 0.6 is 11.3 Å². The highest BCUT2D eigenvalue weighted by Gasteiger charge is 2.33. The third-order valence-corrected chi connectivity index (χ3v) is 4.53. The van der Waals surface area contributed by atoms with Crippen molar-refractivity contribution in [3.05, 3.63) is 46.5 Å². The second-order valence-electron chi connectivity index (χ2n) is 5.61. The first-order chi connectivity index (χ1) is 11.8. The number of hydrogen-bond donors (Lipinski definition) is 1. The Bertz CT molecular complexity index is 787. The molecule has 1 aromatic carbocycles. The third kappa shape index (κ3) is 4.16. The molecule has 0 radical (unpaired) electrons. The summed E-state index contributed by atoms with van der Waals surface area (Å²) in [6.07, 6.45) is -3.12. The Balaban J connectivity index is 1.62. The molecule has 1 aliphatic heterocycles. The first kappa shape index (κ1) is 17.4. The van der Waals surface area contributed by atoms with E-state index in [2.05, 4.69) is 10.3 Å². The van der Waals surface area contributed by atoms with Crippen LogP contribution < -0.4 is 5.32 Å². The molecule has 0 aliphatic carbocycles. The van der Waals surface area contributed by atoms with Crippen LogP contribution in [0.2, 0.25) is 0 Å². The van der Waals surface area contributed by atoms with Crippen LogP contribution in [0.4, 0.5) is 18.3 Å². The van der Waals surface area contributed by atoms with E-state index in [-0.39, 0.29) is 11.0 Å². The lowest BCUT2D eigenvalue weighted by molar-refractivity contribution is -0.140. The molecule has 2 amide bonds. The molecule has 1 fully saturated rings. The summed E-state index contributed by atoms with van der Waals surface area (Å²) in [6.45, 7) is 1.22. The number of benzene rings is 1. The van der Waals surface area contributed by atoms with Gasteiger partial charge in [-0.3, -0.25) is 14.9 Å². The lowest BCUT2D eigenvalue weighted by Gasteiger charge is -2.15. The monoisotopic (exact) mass is 369 g/mol. The summed E-state index contributed by atoms with van der Waals surface area (Å²) in [5.74, 6) is -0.419. The average Bonchev–Trinajstić information content (AvgIpc) is 3.17. The molecule has 3 rings (SSSR count). The number of amides is 2. The van der Waals surface area contributed by atoms with Gasteiger partial charge in [0.25, 0.3) is 5.91 Å². The van der Waals surface area contributed by atoms with Gasteiger partial charge in [0.05, 0.1) is 0 Å². The van der Waals surface area contributed by atoms with Crippen LogP contribution in [0.5, 0.6) is 0 Å². The SMILES string of the molecule is O=C(Nc1nc(C(F)(F)F)cs1)c1ccc(CN2CCCC2=O)cc1. The Kier molecular flexibility index (Phi) is 4.76. The zero-order valence-electron chi connectivity index (χ0n) is 13.0. The van der Waals surface area contributed by atoms with Gasteiger partial charge in [0.1, 0.15) is 0 Å². The molecule has 0 unspecified atom stereocenters. The number of nitrogens with one attached hydrogen (secondary N) is 1. The number of thiazole rings is 1. The van der Waals surface area contributed by atoms with Gasteiger partial charge in [-0.2, -0.15) is 13.2 Å². The van der Waals surface area contributed by atoms with Gasteiger partial charge in [0, 0.05) is 30.5 Å². The summed E-state index contributed by atoms with van der Waals surface area (Å²) in [7, 11) is 0. The molecule has 1 saturated heterocycles. The lowest BCUT2D eigenvalue weighted by Crippen LogP contribution is -2.23. The summed E-state index contributed by atoms with van der Waals surface area (Å²) >= 11 is 0.717. The van der Waals surface area contributed by atoms with Crippen LogP contribution in [-0.4, -0.2) is 28.2 Å². The maximum atomic E-state index is 12.5. The molecule has 2 heterocycles. The van der Waals surface area contributed by atoms with Crippen molar-refractivity contribution in [1.29, 1.82) is 0 Å². The minimum Gasteiger partial charge on any atom is -0.338 e. The van der Waals surface area contributed by atoms with Gasteiger partial charge in [-0.15, -0.1) is 11.3 Å². The number of rotatable bonds is 4. The van der Waals surface area contributed by atoms with Crippen molar-refractivity contribution in [2.24, 2.45) is 0 Å². The molecule has 1 N–H and O–H groups in total. The molecule has 0 atom stereocenters. The fourth-order valence-electron chi connectivity index (χ4n) is 2.48. The van der Waals surface area contributed by atoms with Crippen LogP contribution in [0, 0.1) is 0 Å². The molecule has 1 aliphatic rings. The van der Waals surface area contributed by atoms with Crippen LogP contribution in [0.1, 0.15) is 34.5 Å². The second kappa shape index (κ2) is 6.83. The number of carbonyl (C=O) groups excluding carboxylic acids is 2. The Morgan fingerprint density at radius 2 is 2.00 bits per heavy atom. The molecule has 0 saturated carbocycles. The predicted molar refractivity (Wildman–Crippen MR) is 86.2 cm³/mol. The number of halogens is 3. The minimum atomic E-state index is -4.53. The number of hydrogen-bond acceptors (Lipinski definition) is 4. The van der Waals surface area contributed by atoms with E-state index in [1.165, 1.54) is 0 Å². The molecule has 132 valence electrons. The van der Waals surface area contributed by atoms with Crippen molar-refractivity contribution in [3.63, 3.8) is 0 Å². The van der Waals surface area contributed by atoms with Gasteiger partial charge in [0.15, 0.2) is 10.8 Å². The maximum Gasteiger partial charge on any atom is 0.434 e. The Morgan fingerprint density at radius 1 is 1.28 bits per heavy atom.